The van der Waals surface area contributed by atoms with E-state index in [0.717, 1.165) is 12.8 Å². The molecule has 0 saturated carbocycles. The highest BCUT2D eigenvalue weighted by Gasteiger charge is 2.12. The summed E-state index contributed by atoms with van der Waals surface area (Å²) in [6.07, 6.45) is 7.18. The lowest BCUT2D eigenvalue weighted by Crippen LogP contribution is -2.17. The molecule has 0 fully saturated rings. The Morgan fingerprint density at radius 1 is 1.65 bits per heavy atom. The maximum Gasteiger partial charge on any atom is 0.290 e. The summed E-state index contributed by atoms with van der Waals surface area (Å²) in [5.41, 5.74) is 0.399. The minimum absolute atomic E-state index is 0.0169. The highest BCUT2D eigenvalue weighted by molar-refractivity contribution is 5.46. The van der Waals surface area contributed by atoms with E-state index in [-0.39, 0.29) is 11.7 Å². The minimum Gasteiger partial charge on any atom is -0.356 e. The van der Waals surface area contributed by atoms with Crippen molar-refractivity contribution in [2.24, 2.45) is 0 Å². The monoisotopic (exact) mass is 233 g/mol. The lowest BCUT2D eigenvalue weighted by atomic mass is 10.2. The molecular weight excluding hydrogens is 218 g/mol. The summed E-state index contributed by atoms with van der Waals surface area (Å²) < 4.78 is 0. The number of anilines is 1. The zero-order chi connectivity index (χ0) is 12.8. The van der Waals surface area contributed by atoms with Gasteiger partial charge in [-0.3, -0.25) is 10.1 Å². The zero-order valence-electron chi connectivity index (χ0n) is 9.93. The molecule has 0 spiro atoms. The molecule has 1 aromatic rings. The number of pyridine rings is 1. The third-order valence-corrected chi connectivity index (χ3v) is 2.36. The van der Waals surface area contributed by atoms with Gasteiger partial charge in [0.15, 0.2) is 0 Å². The van der Waals surface area contributed by atoms with Crippen molar-refractivity contribution < 1.29 is 4.92 Å². The van der Waals surface area contributed by atoms with Gasteiger partial charge in [-0.1, -0.05) is 19.3 Å². The molecule has 0 amide bonds. The first-order valence-corrected chi connectivity index (χ1v) is 5.43. The van der Waals surface area contributed by atoms with Gasteiger partial charge in [-0.05, 0) is 19.4 Å². The Morgan fingerprint density at radius 2 is 2.35 bits per heavy atom. The fraction of sp³-hybridized carbons (Fsp3) is 0.417. The lowest BCUT2D eigenvalue weighted by Gasteiger charge is -2.12. The van der Waals surface area contributed by atoms with E-state index in [4.69, 9.17) is 6.42 Å². The topological polar surface area (TPSA) is 68.1 Å². The number of nitro groups is 1. The second-order valence-corrected chi connectivity index (χ2v) is 3.71. The third kappa shape index (κ3) is 3.45. The summed E-state index contributed by atoms with van der Waals surface area (Å²) in [7, 11) is 0. The van der Waals surface area contributed by atoms with Gasteiger partial charge in [0.2, 0.25) is 0 Å². The second-order valence-electron chi connectivity index (χ2n) is 3.71. The van der Waals surface area contributed by atoms with Crippen LogP contribution in [-0.4, -0.2) is 15.9 Å². The van der Waals surface area contributed by atoms with Gasteiger partial charge in [-0.25, -0.2) is 4.98 Å². The first kappa shape index (κ1) is 13.0. The van der Waals surface area contributed by atoms with Crippen molar-refractivity contribution in [1.29, 1.82) is 0 Å². The zero-order valence-corrected chi connectivity index (χ0v) is 9.93. The van der Waals surface area contributed by atoms with Gasteiger partial charge in [0.25, 0.3) is 5.69 Å². The van der Waals surface area contributed by atoms with Gasteiger partial charge in [0.1, 0.15) is 11.5 Å². The van der Waals surface area contributed by atoms with Crippen LogP contribution in [0.15, 0.2) is 12.1 Å². The average Bonchev–Trinajstić information content (AvgIpc) is 2.28. The molecule has 0 bridgehead atoms. The van der Waals surface area contributed by atoms with Crippen LogP contribution in [0.25, 0.3) is 0 Å². The Hall–Kier alpha value is -2.09. The number of nitrogens with one attached hydrogen (secondary N) is 1. The number of hydrogen-bond acceptors (Lipinski definition) is 4. The number of aryl methyl sites for hydroxylation is 1. The van der Waals surface area contributed by atoms with E-state index in [1.165, 1.54) is 6.07 Å². The Bertz CT molecular complexity index is 452. The average molecular weight is 233 g/mol. The van der Waals surface area contributed by atoms with Crippen molar-refractivity contribution in [2.75, 3.05) is 5.32 Å². The quantitative estimate of drug-likeness (QED) is 0.482. The first-order valence-electron chi connectivity index (χ1n) is 5.43. The fourth-order valence-electron chi connectivity index (χ4n) is 1.49. The van der Waals surface area contributed by atoms with Crippen LogP contribution in [0, 0.1) is 29.4 Å². The summed E-state index contributed by atoms with van der Waals surface area (Å²) >= 11 is 0. The summed E-state index contributed by atoms with van der Waals surface area (Å²) in [4.78, 5) is 14.3. The Kier molecular flexibility index (Phi) is 4.46. The van der Waals surface area contributed by atoms with Gasteiger partial charge >= 0.3 is 0 Å². The summed E-state index contributed by atoms with van der Waals surface area (Å²) in [6.45, 7) is 3.65. The van der Waals surface area contributed by atoms with Crippen molar-refractivity contribution in [2.45, 2.75) is 32.7 Å². The van der Waals surface area contributed by atoms with Gasteiger partial charge in [-0.2, -0.15) is 0 Å². The standard InChI is InChI=1S/C12H15N3O2/c1-4-6-10(5-2)14-12-8-7-11(15(16)17)9(3)13-12/h2,7-8,10H,4,6H2,1,3H3,(H,13,14). The Balaban J connectivity index is 2.84. The van der Waals surface area contributed by atoms with Crippen LogP contribution in [0.2, 0.25) is 0 Å². The maximum atomic E-state index is 10.6. The summed E-state index contributed by atoms with van der Waals surface area (Å²) in [6, 6.07) is 2.92. The van der Waals surface area contributed by atoms with E-state index in [0.29, 0.717) is 11.5 Å². The molecule has 5 nitrogen and oxygen atoms in total. The largest absolute Gasteiger partial charge is 0.356 e. The third-order valence-electron chi connectivity index (χ3n) is 2.36. The van der Waals surface area contributed by atoms with Crippen molar-refractivity contribution in [1.82, 2.24) is 4.98 Å². The highest BCUT2D eigenvalue weighted by Crippen LogP contribution is 2.18. The van der Waals surface area contributed by atoms with E-state index in [1.807, 2.05) is 6.92 Å². The lowest BCUT2D eigenvalue weighted by molar-refractivity contribution is -0.385. The van der Waals surface area contributed by atoms with Gasteiger partial charge < -0.3 is 5.32 Å². The van der Waals surface area contributed by atoms with Crippen molar-refractivity contribution in [3.8, 4) is 12.3 Å². The molecule has 1 rings (SSSR count). The first-order chi connectivity index (χ1) is 8.08. The molecule has 1 aromatic heterocycles. The Morgan fingerprint density at radius 3 is 2.82 bits per heavy atom. The maximum absolute atomic E-state index is 10.6. The van der Waals surface area contributed by atoms with E-state index in [2.05, 4.69) is 16.2 Å². The van der Waals surface area contributed by atoms with Crippen LogP contribution in [0.4, 0.5) is 11.5 Å². The van der Waals surface area contributed by atoms with Gasteiger partial charge in [0.05, 0.1) is 11.0 Å². The van der Waals surface area contributed by atoms with Crippen LogP contribution in [0.5, 0.6) is 0 Å². The molecule has 0 radical (unpaired) electrons. The molecule has 1 atom stereocenters. The molecule has 5 heteroatoms. The van der Waals surface area contributed by atoms with E-state index >= 15 is 0 Å². The number of hydrogen-bond donors (Lipinski definition) is 1. The molecule has 0 aliphatic rings. The summed E-state index contributed by atoms with van der Waals surface area (Å²) in [5, 5.41) is 13.7. The van der Waals surface area contributed by atoms with E-state index < -0.39 is 4.92 Å². The molecule has 0 aromatic carbocycles. The van der Waals surface area contributed by atoms with Crippen molar-refractivity contribution in [3.63, 3.8) is 0 Å². The number of nitrogens with zero attached hydrogens (tertiary/aromatic N) is 2. The second kappa shape index (κ2) is 5.85. The number of terminal acetylenes is 1. The predicted octanol–water partition coefficient (Wildman–Crippen LogP) is 2.51. The molecule has 1 unspecified atom stereocenters. The van der Waals surface area contributed by atoms with Crippen molar-refractivity contribution in [3.05, 3.63) is 27.9 Å². The summed E-state index contributed by atoms with van der Waals surface area (Å²) in [5.74, 6) is 3.20. The molecular formula is C12H15N3O2. The van der Waals surface area contributed by atoms with Gasteiger partial charge in [0, 0.05) is 6.07 Å². The molecule has 0 aliphatic heterocycles. The van der Waals surface area contributed by atoms with Crippen LogP contribution in [0.3, 0.4) is 0 Å². The normalized spacial score (nSPS) is 11.6. The highest BCUT2D eigenvalue weighted by atomic mass is 16.6. The van der Waals surface area contributed by atoms with Crippen LogP contribution < -0.4 is 5.32 Å². The van der Waals surface area contributed by atoms with Gasteiger partial charge in [-0.15, -0.1) is 6.42 Å². The Labute approximate surface area is 100 Å². The molecule has 1 N–H and O–H groups in total. The van der Waals surface area contributed by atoms with E-state index in [9.17, 15) is 10.1 Å². The molecule has 90 valence electrons. The van der Waals surface area contributed by atoms with Crippen molar-refractivity contribution >= 4 is 11.5 Å². The molecule has 0 saturated heterocycles. The number of rotatable bonds is 5. The molecule has 1 heterocycles. The smallest absolute Gasteiger partial charge is 0.290 e. The fourth-order valence-corrected chi connectivity index (χ4v) is 1.49. The van der Waals surface area contributed by atoms with E-state index in [1.54, 1.807) is 13.0 Å². The molecule has 0 aliphatic carbocycles. The van der Waals surface area contributed by atoms with Crippen LogP contribution >= 0.6 is 0 Å². The number of aromatic nitrogens is 1. The minimum atomic E-state index is -0.448. The van der Waals surface area contributed by atoms with Crippen LogP contribution in [-0.2, 0) is 0 Å². The van der Waals surface area contributed by atoms with Crippen LogP contribution in [0.1, 0.15) is 25.5 Å². The SMILES string of the molecule is C#CC(CCC)Nc1ccc([N+](=O)[O-])c(C)n1. The molecule has 17 heavy (non-hydrogen) atoms. The predicted molar refractivity (Wildman–Crippen MR) is 66.8 cm³/mol.